The molecule has 0 radical (unpaired) electrons. The Kier molecular flexibility index (Phi) is 9.54. The molecule has 0 spiro atoms. The maximum Gasteiger partial charge on any atom is 0.220 e. The first-order valence-electron chi connectivity index (χ1n) is 11.5. The van der Waals surface area contributed by atoms with E-state index >= 15 is 0 Å². The molecule has 0 unspecified atom stereocenters. The number of aromatic nitrogens is 3. The SMILES string of the molecule is CCOc1ccc(-n2c(C)nnc2S[C@H](C[N+](=O)[O-])c2ccc(OCc3ccc(Cl)cc3Cl)c(Br)c2)cc1. The highest BCUT2D eigenvalue weighted by Gasteiger charge is 2.24. The van der Waals surface area contributed by atoms with Crippen LogP contribution in [0.25, 0.3) is 5.69 Å². The van der Waals surface area contributed by atoms with E-state index < -0.39 is 5.25 Å². The van der Waals surface area contributed by atoms with Crippen LogP contribution in [0.3, 0.4) is 0 Å². The van der Waals surface area contributed by atoms with Crippen LogP contribution in [0.15, 0.2) is 70.3 Å². The predicted octanol–water partition coefficient (Wildman–Crippen LogP) is 7.73. The third-order valence-electron chi connectivity index (χ3n) is 5.49. The molecule has 0 bridgehead atoms. The summed E-state index contributed by atoms with van der Waals surface area (Å²) in [6, 6.07) is 18.2. The lowest BCUT2D eigenvalue weighted by atomic mass is 10.1. The van der Waals surface area contributed by atoms with E-state index in [1.54, 1.807) is 24.3 Å². The van der Waals surface area contributed by atoms with Gasteiger partial charge in [-0.1, -0.05) is 47.1 Å². The van der Waals surface area contributed by atoms with E-state index in [0.717, 1.165) is 22.6 Å². The lowest BCUT2D eigenvalue weighted by Gasteiger charge is -2.16. The van der Waals surface area contributed by atoms with Crippen molar-refractivity contribution in [2.75, 3.05) is 13.2 Å². The Morgan fingerprint density at radius 3 is 2.50 bits per heavy atom. The quantitative estimate of drug-likeness (QED) is 0.0943. The monoisotopic (exact) mass is 636 g/mol. The van der Waals surface area contributed by atoms with Crippen molar-refractivity contribution in [3.63, 3.8) is 0 Å². The fourth-order valence-corrected chi connectivity index (χ4v) is 5.81. The summed E-state index contributed by atoms with van der Waals surface area (Å²) in [6.45, 7) is 4.28. The van der Waals surface area contributed by atoms with Crippen LogP contribution in [0, 0.1) is 17.0 Å². The molecule has 1 atom stereocenters. The predicted molar refractivity (Wildman–Crippen MR) is 153 cm³/mol. The van der Waals surface area contributed by atoms with Crippen molar-refractivity contribution >= 4 is 50.9 Å². The average Bonchev–Trinajstić information content (AvgIpc) is 3.24. The van der Waals surface area contributed by atoms with Crippen LogP contribution in [0.5, 0.6) is 11.5 Å². The van der Waals surface area contributed by atoms with Gasteiger partial charge >= 0.3 is 0 Å². The van der Waals surface area contributed by atoms with Gasteiger partial charge in [-0.2, -0.15) is 0 Å². The normalized spacial score (nSPS) is 11.8. The first-order valence-corrected chi connectivity index (χ1v) is 14.0. The number of nitro groups is 1. The molecule has 0 N–H and O–H groups in total. The summed E-state index contributed by atoms with van der Waals surface area (Å²) in [5, 5.41) is 21.2. The minimum Gasteiger partial charge on any atom is -0.494 e. The van der Waals surface area contributed by atoms with Gasteiger partial charge in [0.2, 0.25) is 6.54 Å². The molecule has 0 aliphatic rings. The fourth-order valence-electron chi connectivity index (χ4n) is 3.68. The van der Waals surface area contributed by atoms with Crippen LogP contribution >= 0.6 is 50.9 Å². The van der Waals surface area contributed by atoms with Gasteiger partial charge in [0.25, 0.3) is 0 Å². The molecule has 1 heterocycles. The zero-order valence-corrected chi connectivity index (χ0v) is 24.4. The van der Waals surface area contributed by atoms with Crippen molar-refractivity contribution in [1.82, 2.24) is 14.8 Å². The molecular formula is C26H23BrCl2N4O4S. The van der Waals surface area contributed by atoms with Crippen LogP contribution in [0.1, 0.15) is 29.1 Å². The molecule has 0 aliphatic heterocycles. The number of hydrogen-bond acceptors (Lipinski definition) is 7. The summed E-state index contributed by atoms with van der Waals surface area (Å²) in [6.07, 6.45) is 0. The second-order valence-corrected chi connectivity index (χ2v) is 11.0. The first-order chi connectivity index (χ1) is 18.2. The first kappa shape index (κ1) is 28.2. The van der Waals surface area contributed by atoms with E-state index in [1.807, 2.05) is 54.8 Å². The van der Waals surface area contributed by atoms with Crippen molar-refractivity contribution in [3.8, 4) is 17.2 Å². The van der Waals surface area contributed by atoms with E-state index in [2.05, 4.69) is 26.1 Å². The number of halogens is 3. The molecule has 3 aromatic carbocycles. The van der Waals surface area contributed by atoms with Gasteiger partial charge in [-0.15, -0.1) is 10.2 Å². The Morgan fingerprint density at radius 1 is 1.08 bits per heavy atom. The number of nitrogens with zero attached hydrogens (tertiary/aromatic N) is 4. The van der Waals surface area contributed by atoms with E-state index in [4.69, 9.17) is 32.7 Å². The molecule has 0 fully saturated rings. The Bertz CT molecular complexity index is 1440. The smallest absolute Gasteiger partial charge is 0.220 e. The van der Waals surface area contributed by atoms with Crippen LogP contribution in [-0.4, -0.2) is 32.8 Å². The van der Waals surface area contributed by atoms with Gasteiger partial charge in [0.1, 0.15) is 29.2 Å². The molecule has 198 valence electrons. The Hall–Kier alpha value is -2.79. The molecule has 4 rings (SSSR count). The molecule has 8 nitrogen and oxygen atoms in total. The highest BCUT2D eigenvalue weighted by Crippen LogP contribution is 2.39. The van der Waals surface area contributed by atoms with Gasteiger partial charge in [0, 0.05) is 26.2 Å². The van der Waals surface area contributed by atoms with E-state index in [9.17, 15) is 10.1 Å². The zero-order valence-electron chi connectivity index (χ0n) is 20.4. The number of benzene rings is 3. The van der Waals surface area contributed by atoms with Gasteiger partial charge in [0.15, 0.2) is 5.16 Å². The third-order valence-corrected chi connectivity index (χ3v) is 7.88. The molecule has 0 saturated heterocycles. The van der Waals surface area contributed by atoms with Crippen LogP contribution in [0.2, 0.25) is 10.0 Å². The third kappa shape index (κ3) is 6.99. The van der Waals surface area contributed by atoms with Crippen molar-refractivity contribution < 1.29 is 14.4 Å². The van der Waals surface area contributed by atoms with Gasteiger partial charge in [-0.05, 0) is 83.9 Å². The largest absolute Gasteiger partial charge is 0.494 e. The number of thioether (sulfide) groups is 1. The molecule has 0 amide bonds. The maximum atomic E-state index is 11.6. The topological polar surface area (TPSA) is 92.3 Å². The fraction of sp³-hybridized carbons (Fsp3) is 0.231. The van der Waals surface area contributed by atoms with E-state index in [-0.39, 0.29) is 18.1 Å². The van der Waals surface area contributed by atoms with Crippen molar-refractivity contribution in [3.05, 3.63) is 102 Å². The molecule has 0 saturated carbocycles. The summed E-state index contributed by atoms with van der Waals surface area (Å²) in [5.74, 6) is 2.01. The standard InChI is InChI=1S/C26H23BrCl2N4O4S/c1-3-36-21-9-7-20(8-10-21)33-16(2)30-31-26(33)38-25(14-32(34)35)17-5-11-24(22(27)12-17)37-15-18-4-6-19(28)13-23(18)29/h4-13,25H,3,14-15H2,1-2H3/t25-/m1/s1. The minimum atomic E-state index is -0.522. The summed E-state index contributed by atoms with van der Waals surface area (Å²) in [5.41, 5.74) is 2.37. The van der Waals surface area contributed by atoms with Crippen molar-refractivity contribution in [1.29, 1.82) is 0 Å². The lowest BCUT2D eigenvalue weighted by molar-refractivity contribution is -0.479. The molecular weight excluding hydrogens is 615 g/mol. The summed E-state index contributed by atoms with van der Waals surface area (Å²) >= 11 is 17.0. The second-order valence-electron chi connectivity index (χ2n) is 8.13. The van der Waals surface area contributed by atoms with E-state index in [0.29, 0.717) is 37.9 Å². The van der Waals surface area contributed by atoms with Crippen molar-refractivity contribution in [2.24, 2.45) is 0 Å². The Morgan fingerprint density at radius 2 is 1.84 bits per heavy atom. The molecule has 4 aromatic rings. The molecule has 0 aliphatic carbocycles. The Balaban J connectivity index is 1.56. The zero-order chi connectivity index (χ0) is 27.2. The van der Waals surface area contributed by atoms with Crippen LogP contribution < -0.4 is 9.47 Å². The lowest BCUT2D eigenvalue weighted by Crippen LogP contribution is -2.11. The van der Waals surface area contributed by atoms with Gasteiger partial charge in [0.05, 0.1) is 11.1 Å². The molecule has 12 heteroatoms. The average molecular weight is 638 g/mol. The number of hydrogen-bond donors (Lipinski definition) is 0. The van der Waals surface area contributed by atoms with Gasteiger partial charge in [-0.3, -0.25) is 14.7 Å². The summed E-state index contributed by atoms with van der Waals surface area (Å²) < 4.78 is 14.0. The Labute approximate surface area is 242 Å². The maximum absolute atomic E-state index is 11.6. The van der Waals surface area contributed by atoms with Crippen LogP contribution in [0.4, 0.5) is 0 Å². The van der Waals surface area contributed by atoms with Gasteiger partial charge < -0.3 is 9.47 Å². The summed E-state index contributed by atoms with van der Waals surface area (Å²) in [4.78, 5) is 11.2. The van der Waals surface area contributed by atoms with Crippen molar-refractivity contribution in [2.45, 2.75) is 30.9 Å². The summed E-state index contributed by atoms with van der Waals surface area (Å²) in [7, 11) is 0. The second kappa shape index (κ2) is 12.8. The van der Waals surface area contributed by atoms with Gasteiger partial charge in [-0.25, -0.2) is 0 Å². The minimum absolute atomic E-state index is 0.242. The highest BCUT2D eigenvalue weighted by atomic mass is 79.9. The number of aryl methyl sites for hydroxylation is 1. The van der Waals surface area contributed by atoms with E-state index in [1.165, 1.54) is 11.8 Å². The highest BCUT2D eigenvalue weighted by molar-refractivity contribution is 9.10. The molecule has 1 aromatic heterocycles. The number of rotatable bonds is 11. The number of ether oxygens (including phenoxy) is 2. The molecule has 38 heavy (non-hydrogen) atoms. The van der Waals surface area contributed by atoms with Crippen LogP contribution in [-0.2, 0) is 6.61 Å².